The first-order valence-electron chi connectivity index (χ1n) is 4.81. The molecular weight excluding hydrogens is 194 g/mol. The molecule has 80 valence electrons. The molecule has 0 fully saturated rings. The van der Waals surface area contributed by atoms with E-state index < -0.39 is 0 Å². The van der Waals surface area contributed by atoms with E-state index in [2.05, 4.69) is 10.1 Å². The van der Waals surface area contributed by atoms with Crippen LogP contribution in [-0.2, 0) is 20.1 Å². The molecule has 0 aromatic carbocycles. The second-order valence-electron chi connectivity index (χ2n) is 3.40. The summed E-state index contributed by atoms with van der Waals surface area (Å²) >= 11 is 0. The average Bonchev–Trinajstić information content (AvgIpc) is 2.83. The average molecular weight is 207 g/mol. The Balaban J connectivity index is 1.89. The van der Waals surface area contributed by atoms with Gasteiger partial charge in [0.15, 0.2) is 0 Å². The van der Waals surface area contributed by atoms with Crippen molar-refractivity contribution >= 4 is 0 Å². The molecule has 6 nitrogen and oxygen atoms in total. The lowest BCUT2D eigenvalue weighted by Gasteiger charge is -2.01. The van der Waals surface area contributed by atoms with Crippen molar-refractivity contribution in [3.8, 4) is 0 Å². The summed E-state index contributed by atoms with van der Waals surface area (Å²) < 4.78 is 4.92. The molecule has 2 aromatic heterocycles. The molecule has 2 heterocycles. The monoisotopic (exact) mass is 207 g/mol. The van der Waals surface area contributed by atoms with Crippen LogP contribution in [0, 0.1) is 0 Å². The van der Waals surface area contributed by atoms with Crippen molar-refractivity contribution in [1.29, 1.82) is 0 Å². The molecule has 0 aliphatic carbocycles. The van der Waals surface area contributed by atoms with E-state index in [0.29, 0.717) is 6.54 Å². The lowest BCUT2D eigenvalue weighted by atomic mass is 10.4. The van der Waals surface area contributed by atoms with E-state index >= 15 is 0 Å². The molecule has 2 aromatic rings. The Bertz CT molecular complexity index is 467. The van der Waals surface area contributed by atoms with Crippen LogP contribution in [-0.4, -0.2) is 23.9 Å². The number of rotatable bonds is 4. The van der Waals surface area contributed by atoms with Gasteiger partial charge in [0.05, 0.1) is 6.33 Å². The van der Waals surface area contributed by atoms with E-state index in [0.717, 1.165) is 13.0 Å². The number of imidazole rings is 1. The summed E-state index contributed by atoms with van der Waals surface area (Å²) in [4.78, 5) is 15.3. The van der Waals surface area contributed by atoms with Crippen molar-refractivity contribution < 1.29 is 0 Å². The molecule has 0 aliphatic heterocycles. The lowest BCUT2D eigenvalue weighted by molar-refractivity contribution is 0.511. The van der Waals surface area contributed by atoms with Crippen LogP contribution in [0.5, 0.6) is 0 Å². The molecule has 0 N–H and O–H groups in total. The highest BCUT2D eigenvalue weighted by Gasteiger charge is 2.00. The number of nitrogens with zero attached hydrogens (tertiary/aromatic N) is 5. The van der Waals surface area contributed by atoms with Gasteiger partial charge in [-0.3, -0.25) is 4.57 Å². The maximum absolute atomic E-state index is 11.4. The largest absolute Gasteiger partial charge is 0.345 e. The van der Waals surface area contributed by atoms with Gasteiger partial charge in [0.25, 0.3) is 0 Å². The molecule has 0 saturated carbocycles. The van der Waals surface area contributed by atoms with Crippen molar-refractivity contribution in [1.82, 2.24) is 23.9 Å². The number of aryl methyl sites for hydroxylation is 3. The molecule has 0 saturated heterocycles. The van der Waals surface area contributed by atoms with Crippen molar-refractivity contribution in [2.45, 2.75) is 19.5 Å². The molecule has 0 amide bonds. The standard InChI is InChI=1S/C9H13N5O/c1-12-8-11-14(9(12)15)5-2-4-13-6-3-10-7-13/h3,6-8H,2,4-5H2,1H3. The van der Waals surface area contributed by atoms with Crippen LogP contribution < -0.4 is 5.69 Å². The van der Waals surface area contributed by atoms with E-state index in [1.165, 1.54) is 15.6 Å². The smallest absolute Gasteiger partial charge is 0.337 e. The van der Waals surface area contributed by atoms with Crippen molar-refractivity contribution in [2.75, 3.05) is 0 Å². The van der Waals surface area contributed by atoms with Crippen LogP contribution in [0.15, 0.2) is 29.8 Å². The third kappa shape index (κ3) is 2.15. The Morgan fingerprint density at radius 3 is 2.80 bits per heavy atom. The summed E-state index contributed by atoms with van der Waals surface area (Å²) in [7, 11) is 1.70. The quantitative estimate of drug-likeness (QED) is 0.701. The molecule has 0 unspecified atom stereocenters. The zero-order chi connectivity index (χ0) is 10.7. The highest BCUT2D eigenvalue weighted by atomic mass is 16.2. The van der Waals surface area contributed by atoms with Crippen molar-refractivity contribution in [2.24, 2.45) is 7.05 Å². The molecular formula is C9H13N5O. The molecule has 15 heavy (non-hydrogen) atoms. The third-order valence-corrected chi connectivity index (χ3v) is 2.23. The van der Waals surface area contributed by atoms with Gasteiger partial charge in [-0.1, -0.05) is 0 Å². The van der Waals surface area contributed by atoms with Gasteiger partial charge < -0.3 is 4.57 Å². The Labute approximate surface area is 86.8 Å². The van der Waals surface area contributed by atoms with E-state index in [-0.39, 0.29) is 5.69 Å². The van der Waals surface area contributed by atoms with E-state index in [9.17, 15) is 4.79 Å². The predicted octanol–water partition coefficient (Wildman–Crippen LogP) is -0.131. The van der Waals surface area contributed by atoms with Gasteiger partial charge in [-0.15, -0.1) is 0 Å². The summed E-state index contributed by atoms with van der Waals surface area (Å²) in [6.45, 7) is 1.49. The van der Waals surface area contributed by atoms with Crippen LogP contribution in [0.3, 0.4) is 0 Å². The first kappa shape index (κ1) is 9.70. The Morgan fingerprint density at radius 1 is 1.33 bits per heavy atom. The number of hydrogen-bond donors (Lipinski definition) is 0. The third-order valence-electron chi connectivity index (χ3n) is 2.23. The maximum atomic E-state index is 11.4. The molecule has 0 atom stereocenters. The normalized spacial score (nSPS) is 10.7. The second-order valence-corrected chi connectivity index (χ2v) is 3.40. The summed E-state index contributed by atoms with van der Waals surface area (Å²) in [5.41, 5.74) is -0.0689. The first-order chi connectivity index (χ1) is 7.27. The lowest BCUT2D eigenvalue weighted by Crippen LogP contribution is -2.23. The minimum absolute atomic E-state index is 0.0689. The highest BCUT2D eigenvalue weighted by Crippen LogP contribution is 1.92. The molecule has 6 heteroatoms. The fourth-order valence-corrected chi connectivity index (χ4v) is 1.40. The van der Waals surface area contributed by atoms with Crippen LogP contribution >= 0.6 is 0 Å². The Hall–Kier alpha value is -1.85. The SMILES string of the molecule is Cn1cnn(CCCn2ccnc2)c1=O. The number of aromatic nitrogens is 5. The minimum atomic E-state index is -0.0689. The van der Waals surface area contributed by atoms with Crippen LogP contribution in [0.25, 0.3) is 0 Å². The fourth-order valence-electron chi connectivity index (χ4n) is 1.40. The topological polar surface area (TPSA) is 57.6 Å². The summed E-state index contributed by atoms with van der Waals surface area (Å²) in [6.07, 6.45) is 7.81. The van der Waals surface area contributed by atoms with Gasteiger partial charge in [0, 0.05) is 32.5 Å². The van der Waals surface area contributed by atoms with Crippen molar-refractivity contribution in [3.63, 3.8) is 0 Å². The maximum Gasteiger partial charge on any atom is 0.345 e. The van der Waals surface area contributed by atoms with Gasteiger partial charge in [0.1, 0.15) is 6.33 Å². The summed E-state index contributed by atoms with van der Waals surface area (Å²) in [5.74, 6) is 0. The minimum Gasteiger partial charge on any atom is -0.337 e. The zero-order valence-electron chi connectivity index (χ0n) is 8.58. The number of hydrogen-bond acceptors (Lipinski definition) is 3. The van der Waals surface area contributed by atoms with E-state index in [4.69, 9.17) is 0 Å². The molecule has 0 bridgehead atoms. The van der Waals surface area contributed by atoms with Crippen LogP contribution in [0.4, 0.5) is 0 Å². The van der Waals surface area contributed by atoms with Crippen molar-refractivity contribution in [3.05, 3.63) is 35.5 Å². The van der Waals surface area contributed by atoms with Gasteiger partial charge in [-0.05, 0) is 6.42 Å². The second kappa shape index (κ2) is 4.12. The van der Waals surface area contributed by atoms with E-state index in [1.807, 2.05) is 10.8 Å². The summed E-state index contributed by atoms with van der Waals surface area (Å²) in [6, 6.07) is 0. The summed E-state index contributed by atoms with van der Waals surface area (Å²) in [5, 5.41) is 3.98. The highest BCUT2D eigenvalue weighted by molar-refractivity contribution is 4.73. The first-order valence-corrected chi connectivity index (χ1v) is 4.81. The van der Waals surface area contributed by atoms with E-state index in [1.54, 1.807) is 19.6 Å². The predicted molar refractivity (Wildman–Crippen MR) is 54.3 cm³/mol. The molecule has 0 aliphatic rings. The Kier molecular flexibility index (Phi) is 2.66. The van der Waals surface area contributed by atoms with Crippen LogP contribution in [0.1, 0.15) is 6.42 Å². The van der Waals surface area contributed by atoms with Gasteiger partial charge >= 0.3 is 5.69 Å². The molecule has 2 rings (SSSR count). The zero-order valence-corrected chi connectivity index (χ0v) is 8.58. The Morgan fingerprint density at radius 2 is 2.20 bits per heavy atom. The molecule has 0 radical (unpaired) electrons. The van der Waals surface area contributed by atoms with Gasteiger partial charge in [-0.25, -0.2) is 14.5 Å². The van der Waals surface area contributed by atoms with Crippen LogP contribution in [0.2, 0.25) is 0 Å². The van der Waals surface area contributed by atoms with Gasteiger partial charge in [-0.2, -0.15) is 5.10 Å². The molecule has 0 spiro atoms. The van der Waals surface area contributed by atoms with Gasteiger partial charge in [0.2, 0.25) is 0 Å². The fraction of sp³-hybridized carbons (Fsp3) is 0.444.